The number of rotatable bonds is 7. The monoisotopic (exact) mass is 340 g/mol. The first kappa shape index (κ1) is 18.0. The second kappa shape index (κ2) is 7.96. The van der Waals surface area contributed by atoms with E-state index in [1.165, 1.54) is 11.9 Å². The van der Waals surface area contributed by atoms with Crippen LogP contribution in [0.15, 0.2) is 42.7 Å². The van der Waals surface area contributed by atoms with E-state index in [0.717, 1.165) is 0 Å². The number of aromatic nitrogens is 2. The molecule has 0 saturated heterocycles. The van der Waals surface area contributed by atoms with Crippen LogP contribution in [0.25, 0.3) is 5.69 Å². The highest BCUT2D eigenvalue weighted by molar-refractivity contribution is 5.97. The number of hydrogen-bond acceptors (Lipinski definition) is 3. The van der Waals surface area contributed by atoms with Crippen LogP contribution < -0.4 is 5.32 Å². The fraction of sp³-hybridized carbons (Fsp3) is 0.375. The zero-order chi connectivity index (χ0) is 17.6. The molecule has 0 unspecified atom stereocenters. The summed E-state index contributed by atoms with van der Waals surface area (Å²) in [5, 5.41) is 6.84. The summed E-state index contributed by atoms with van der Waals surface area (Å²) in [4.78, 5) is 13.5. The Balaban J connectivity index is 1.86. The van der Waals surface area contributed by atoms with Gasteiger partial charge in [0.15, 0.2) is 0 Å². The SMILES string of the molecule is CN(CCCNC(=O)c1ccccc1-n1cccn1)CC(F)(F)F. The van der Waals surface area contributed by atoms with Crippen molar-refractivity contribution in [2.24, 2.45) is 0 Å². The van der Waals surface area contributed by atoms with Gasteiger partial charge in [0.2, 0.25) is 0 Å². The highest BCUT2D eigenvalue weighted by Crippen LogP contribution is 2.15. The summed E-state index contributed by atoms with van der Waals surface area (Å²) in [5.74, 6) is -0.278. The minimum atomic E-state index is -4.21. The molecule has 1 amide bonds. The van der Waals surface area contributed by atoms with Crippen LogP contribution >= 0.6 is 0 Å². The lowest BCUT2D eigenvalue weighted by atomic mass is 10.1. The van der Waals surface area contributed by atoms with E-state index in [1.54, 1.807) is 47.4 Å². The Morgan fingerprint density at radius 2 is 2.04 bits per heavy atom. The Kier molecular flexibility index (Phi) is 5.97. The maximum Gasteiger partial charge on any atom is 0.401 e. The second-order valence-corrected chi connectivity index (χ2v) is 5.43. The third kappa shape index (κ3) is 5.38. The summed E-state index contributed by atoms with van der Waals surface area (Å²) in [7, 11) is 1.41. The lowest BCUT2D eigenvalue weighted by Crippen LogP contribution is -2.34. The normalized spacial score (nSPS) is 11.7. The van der Waals surface area contributed by atoms with Crippen LogP contribution in [0.1, 0.15) is 16.8 Å². The molecule has 0 radical (unpaired) electrons. The molecule has 1 N–H and O–H groups in total. The Bertz CT molecular complexity index is 656. The number of alkyl halides is 3. The van der Waals surface area contributed by atoms with E-state index in [4.69, 9.17) is 0 Å². The lowest BCUT2D eigenvalue weighted by Gasteiger charge is -2.18. The van der Waals surface area contributed by atoms with Gasteiger partial charge in [-0.15, -0.1) is 0 Å². The molecule has 1 aromatic carbocycles. The zero-order valence-corrected chi connectivity index (χ0v) is 13.3. The molecule has 1 aromatic heterocycles. The van der Waals surface area contributed by atoms with Crippen LogP contribution in [0, 0.1) is 0 Å². The third-order valence-corrected chi connectivity index (χ3v) is 3.35. The van der Waals surface area contributed by atoms with Crippen LogP contribution in [0.3, 0.4) is 0 Å². The predicted molar refractivity (Wildman–Crippen MR) is 84.1 cm³/mol. The van der Waals surface area contributed by atoms with Crippen LogP contribution in [-0.4, -0.2) is 53.4 Å². The molecule has 2 aromatic rings. The minimum absolute atomic E-state index is 0.251. The van der Waals surface area contributed by atoms with Gasteiger partial charge in [0.05, 0.1) is 17.8 Å². The summed E-state index contributed by atoms with van der Waals surface area (Å²) in [5.41, 5.74) is 1.11. The number of para-hydroxylation sites is 1. The van der Waals surface area contributed by atoms with Gasteiger partial charge in [-0.2, -0.15) is 18.3 Å². The predicted octanol–water partition coefficient (Wildman–Crippen LogP) is 2.49. The molecule has 5 nitrogen and oxygen atoms in total. The van der Waals surface area contributed by atoms with Gasteiger partial charge in [-0.3, -0.25) is 9.69 Å². The molecule has 24 heavy (non-hydrogen) atoms. The van der Waals surface area contributed by atoms with Gasteiger partial charge in [-0.1, -0.05) is 12.1 Å². The van der Waals surface area contributed by atoms with E-state index >= 15 is 0 Å². The Morgan fingerprint density at radius 3 is 2.71 bits per heavy atom. The first-order valence-electron chi connectivity index (χ1n) is 7.49. The number of carbonyl (C=O) groups is 1. The third-order valence-electron chi connectivity index (χ3n) is 3.35. The number of benzene rings is 1. The highest BCUT2D eigenvalue weighted by atomic mass is 19.4. The molecule has 0 atom stereocenters. The second-order valence-electron chi connectivity index (χ2n) is 5.43. The molecule has 0 saturated carbocycles. The Morgan fingerprint density at radius 1 is 1.29 bits per heavy atom. The molecule has 0 bridgehead atoms. The lowest BCUT2D eigenvalue weighted by molar-refractivity contribution is -0.143. The Hall–Kier alpha value is -2.35. The molecule has 0 spiro atoms. The number of hydrogen-bond donors (Lipinski definition) is 1. The molecule has 130 valence electrons. The highest BCUT2D eigenvalue weighted by Gasteiger charge is 2.28. The molecule has 0 aliphatic rings. The van der Waals surface area contributed by atoms with Gasteiger partial charge in [-0.05, 0) is 38.2 Å². The van der Waals surface area contributed by atoms with Crippen molar-refractivity contribution in [1.82, 2.24) is 20.0 Å². The molecular weight excluding hydrogens is 321 g/mol. The van der Waals surface area contributed by atoms with Gasteiger partial charge >= 0.3 is 6.18 Å². The van der Waals surface area contributed by atoms with Crippen molar-refractivity contribution in [2.45, 2.75) is 12.6 Å². The molecule has 0 fully saturated rings. The fourth-order valence-corrected chi connectivity index (χ4v) is 2.31. The first-order valence-corrected chi connectivity index (χ1v) is 7.49. The number of nitrogens with one attached hydrogen (secondary N) is 1. The number of nitrogens with zero attached hydrogens (tertiary/aromatic N) is 3. The summed E-state index contributed by atoms with van der Waals surface area (Å²) in [6, 6.07) is 8.77. The van der Waals surface area contributed by atoms with Gasteiger partial charge in [0.1, 0.15) is 0 Å². The van der Waals surface area contributed by atoms with Crippen molar-refractivity contribution in [3.8, 4) is 5.69 Å². The number of carbonyl (C=O) groups excluding carboxylic acids is 1. The van der Waals surface area contributed by atoms with Gasteiger partial charge in [-0.25, -0.2) is 4.68 Å². The zero-order valence-electron chi connectivity index (χ0n) is 13.3. The summed E-state index contributed by atoms with van der Waals surface area (Å²) in [6.45, 7) is -0.405. The van der Waals surface area contributed by atoms with Crippen LogP contribution in [-0.2, 0) is 0 Å². The van der Waals surface area contributed by atoms with E-state index in [2.05, 4.69) is 10.4 Å². The standard InChI is InChI=1S/C16H19F3N4O/c1-22(12-16(17,18)19)10-4-8-20-15(24)13-6-2-3-7-14(13)23-11-5-9-21-23/h2-3,5-7,9,11H,4,8,10,12H2,1H3,(H,20,24). The summed E-state index contributed by atoms with van der Waals surface area (Å²) >= 11 is 0. The van der Waals surface area contributed by atoms with Crippen LogP contribution in [0.2, 0.25) is 0 Å². The number of halogens is 3. The van der Waals surface area contributed by atoms with E-state index < -0.39 is 12.7 Å². The Labute approximate surface area is 138 Å². The van der Waals surface area contributed by atoms with E-state index in [9.17, 15) is 18.0 Å². The largest absolute Gasteiger partial charge is 0.401 e. The van der Waals surface area contributed by atoms with Crippen molar-refractivity contribution >= 4 is 5.91 Å². The van der Waals surface area contributed by atoms with Crippen molar-refractivity contribution in [1.29, 1.82) is 0 Å². The van der Waals surface area contributed by atoms with Gasteiger partial charge in [0.25, 0.3) is 5.91 Å². The van der Waals surface area contributed by atoms with Crippen molar-refractivity contribution in [3.05, 3.63) is 48.3 Å². The summed E-state index contributed by atoms with van der Waals surface area (Å²) < 4.78 is 38.3. The maximum atomic E-state index is 12.3. The number of amides is 1. The molecule has 0 aliphatic heterocycles. The molecule has 0 aliphatic carbocycles. The maximum absolute atomic E-state index is 12.3. The van der Waals surface area contributed by atoms with Gasteiger partial charge in [0, 0.05) is 18.9 Å². The van der Waals surface area contributed by atoms with E-state index in [-0.39, 0.29) is 12.5 Å². The smallest absolute Gasteiger partial charge is 0.352 e. The van der Waals surface area contributed by atoms with E-state index in [1.807, 2.05) is 0 Å². The molecule has 8 heteroatoms. The van der Waals surface area contributed by atoms with Crippen molar-refractivity contribution in [2.75, 3.05) is 26.7 Å². The molecule has 2 rings (SSSR count). The average Bonchev–Trinajstić information content (AvgIpc) is 3.04. The average molecular weight is 340 g/mol. The minimum Gasteiger partial charge on any atom is -0.352 e. The first-order chi connectivity index (χ1) is 11.4. The quantitative estimate of drug-likeness (QED) is 0.788. The van der Waals surface area contributed by atoms with Crippen molar-refractivity contribution in [3.63, 3.8) is 0 Å². The van der Waals surface area contributed by atoms with Gasteiger partial charge < -0.3 is 5.32 Å². The topological polar surface area (TPSA) is 50.2 Å². The van der Waals surface area contributed by atoms with Crippen LogP contribution in [0.4, 0.5) is 13.2 Å². The fourth-order valence-electron chi connectivity index (χ4n) is 2.31. The molecular formula is C16H19F3N4O. The summed E-state index contributed by atoms with van der Waals surface area (Å²) in [6.07, 6.45) is -0.424. The molecule has 1 heterocycles. The van der Waals surface area contributed by atoms with E-state index in [0.29, 0.717) is 24.2 Å². The van der Waals surface area contributed by atoms with Crippen LogP contribution in [0.5, 0.6) is 0 Å². The van der Waals surface area contributed by atoms with Crippen molar-refractivity contribution < 1.29 is 18.0 Å².